The Labute approximate surface area is 188 Å². The van der Waals surface area contributed by atoms with Crippen LogP contribution < -0.4 is 15.8 Å². The van der Waals surface area contributed by atoms with Gasteiger partial charge < -0.3 is 15.2 Å². The van der Waals surface area contributed by atoms with Gasteiger partial charge in [0.25, 0.3) is 6.43 Å². The zero-order valence-electron chi connectivity index (χ0n) is 18.2. The molecule has 0 unspecified atom stereocenters. The van der Waals surface area contributed by atoms with Crippen LogP contribution in [0, 0.1) is 12.7 Å². The number of hydrogen-bond acceptors (Lipinski definition) is 5. The van der Waals surface area contributed by atoms with E-state index in [4.69, 9.17) is 0 Å². The molecule has 6 nitrogen and oxygen atoms in total. The lowest BCUT2D eigenvalue weighted by Gasteiger charge is -2.21. The van der Waals surface area contributed by atoms with Crippen LogP contribution in [-0.4, -0.2) is 22.0 Å². The third-order valence-corrected chi connectivity index (χ3v) is 5.45. The molecule has 0 bridgehead atoms. The Kier molecular flexibility index (Phi) is 6.04. The molecule has 0 aliphatic rings. The Bertz CT molecular complexity index is 1350. The van der Waals surface area contributed by atoms with Gasteiger partial charge in [-0.25, -0.2) is 23.1 Å². The highest BCUT2D eigenvalue weighted by Crippen LogP contribution is 2.32. The first-order valence-corrected chi connectivity index (χ1v) is 10.3. The fourth-order valence-corrected chi connectivity index (χ4v) is 3.67. The SMILES string of the molecule is Cc1nc(N[C@H](C)c2cccc(C(F)F)c2F)c2cc(N(C)c3ccc(=O)[nH]c3)ccc2n1. The molecule has 4 rings (SSSR count). The lowest BCUT2D eigenvalue weighted by molar-refractivity contribution is 0.146. The highest BCUT2D eigenvalue weighted by atomic mass is 19.3. The maximum atomic E-state index is 14.7. The number of benzene rings is 2. The molecule has 0 aliphatic heterocycles. The Hall–Kier alpha value is -3.88. The molecule has 170 valence electrons. The maximum Gasteiger partial charge on any atom is 0.266 e. The normalized spacial score (nSPS) is 12.2. The Morgan fingerprint density at radius 1 is 1.03 bits per heavy atom. The zero-order chi connectivity index (χ0) is 23.7. The molecule has 1 atom stereocenters. The summed E-state index contributed by atoms with van der Waals surface area (Å²) in [6.07, 6.45) is -1.29. The number of aromatic nitrogens is 3. The van der Waals surface area contributed by atoms with Crippen LogP contribution in [0.1, 0.15) is 36.3 Å². The summed E-state index contributed by atoms with van der Waals surface area (Å²) in [7, 11) is 1.85. The van der Waals surface area contributed by atoms with Gasteiger partial charge >= 0.3 is 0 Å². The van der Waals surface area contributed by atoms with E-state index in [1.54, 1.807) is 26.1 Å². The van der Waals surface area contributed by atoms with Crippen LogP contribution >= 0.6 is 0 Å². The van der Waals surface area contributed by atoms with Crippen molar-refractivity contribution in [3.8, 4) is 0 Å². The summed E-state index contributed by atoms with van der Waals surface area (Å²) in [5.74, 6) is 0.0467. The Morgan fingerprint density at radius 2 is 1.76 bits per heavy atom. The van der Waals surface area contributed by atoms with Crippen LogP contribution in [0.2, 0.25) is 0 Å². The lowest BCUT2D eigenvalue weighted by Crippen LogP contribution is -2.14. The van der Waals surface area contributed by atoms with Crippen LogP contribution in [0.4, 0.5) is 30.4 Å². The van der Waals surface area contributed by atoms with Crippen molar-refractivity contribution in [3.05, 3.63) is 87.9 Å². The molecule has 0 amide bonds. The molecule has 0 saturated carbocycles. The van der Waals surface area contributed by atoms with Crippen molar-refractivity contribution >= 4 is 28.1 Å². The number of hydrogen-bond donors (Lipinski definition) is 2. The van der Waals surface area contributed by atoms with Crippen molar-refractivity contribution in [1.82, 2.24) is 15.0 Å². The van der Waals surface area contributed by atoms with Gasteiger partial charge in [0.05, 0.1) is 22.8 Å². The molecular weight excluding hydrogens is 431 g/mol. The van der Waals surface area contributed by atoms with Crippen molar-refractivity contribution in [1.29, 1.82) is 0 Å². The molecule has 2 heterocycles. The van der Waals surface area contributed by atoms with E-state index in [9.17, 15) is 18.0 Å². The van der Waals surface area contributed by atoms with Crippen LogP contribution in [0.25, 0.3) is 10.9 Å². The minimum absolute atomic E-state index is 0.124. The van der Waals surface area contributed by atoms with Gasteiger partial charge in [-0.2, -0.15) is 0 Å². The van der Waals surface area contributed by atoms with Crippen molar-refractivity contribution in [2.75, 3.05) is 17.3 Å². The molecule has 33 heavy (non-hydrogen) atoms. The zero-order valence-corrected chi connectivity index (χ0v) is 18.2. The maximum absolute atomic E-state index is 14.7. The van der Waals surface area contributed by atoms with E-state index < -0.39 is 23.8 Å². The first-order chi connectivity index (χ1) is 15.7. The average Bonchev–Trinajstić information content (AvgIpc) is 2.78. The van der Waals surface area contributed by atoms with E-state index in [-0.39, 0.29) is 11.1 Å². The highest BCUT2D eigenvalue weighted by Gasteiger charge is 2.20. The van der Waals surface area contributed by atoms with Crippen LogP contribution in [-0.2, 0) is 0 Å². The summed E-state index contributed by atoms with van der Waals surface area (Å²) in [5.41, 5.74) is 1.56. The number of aromatic amines is 1. The number of halogens is 3. The Balaban J connectivity index is 1.73. The molecule has 2 aromatic heterocycles. The predicted octanol–water partition coefficient (Wildman–Crippen LogP) is 5.64. The fourth-order valence-electron chi connectivity index (χ4n) is 3.67. The van der Waals surface area contributed by atoms with Gasteiger partial charge in [-0.05, 0) is 38.1 Å². The van der Waals surface area contributed by atoms with Gasteiger partial charge in [-0.1, -0.05) is 18.2 Å². The van der Waals surface area contributed by atoms with Gasteiger partial charge in [0, 0.05) is 35.9 Å². The van der Waals surface area contributed by atoms with Crippen molar-refractivity contribution in [2.45, 2.75) is 26.3 Å². The van der Waals surface area contributed by atoms with E-state index in [1.807, 2.05) is 30.1 Å². The number of rotatable bonds is 6. The second kappa shape index (κ2) is 8.93. The van der Waals surface area contributed by atoms with Gasteiger partial charge in [-0.15, -0.1) is 0 Å². The van der Waals surface area contributed by atoms with Crippen molar-refractivity contribution < 1.29 is 13.2 Å². The summed E-state index contributed by atoms with van der Waals surface area (Å²) < 4.78 is 40.9. The first-order valence-electron chi connectivity index (χ1n) is 10.3. The van der Waals surface area contributed by atoms with Crippen LogP contribution in [0.5, 0.6) is 0 Å². The van der Waals surface area contributed by atoms with Crippen molar-refractivity contribution in [2.24, 2.45) is 0 Å². The summed E-state index contributed by atoms with van der Waals surface area (Å²) in [4.78, 5) is 24.8. The molecule has 0 saturated heterocycles. The molecule has 4 aromatic rings. The minimum atomic E-state index is -2.90. The summed E-state index contributed by atoms with van der Waals surface area (Å²) >= 11 is 0. The largest absolute Gasteiger partial charge is 0.363 e. The molecule has 0 aliphatic carbocycles. The van der Waals surface area contributed by atoms with E-state index in [0.29, 0.717) is 22.5 Å². The summed E-state index contributed by atoms with van der Waals surface area (Å²) in [5, 5.41) is 3.85. The van der Waals surface area contributed by atoms with Gasteiger partial charge in [0.15, 0.2) is 0 Å². The van der Waals surface area contributed by atoms with Crippen LogP contribution in [0.3, 0.4) is 0 Å². The second-order valence-electron chi connectivity index (χ2n) is 7.71. The summed E-state index contributed by atoms with van der Waals surface area (Å²) in [6, 6.07) is 12.1. The molecule has 2 aromatic carbocycles. The van der Waals surface area contributed by atoms with E-state index in [2.05, 4.69) is 20.3 Å². The second-order valence-corrected chi connectivity index (χ2v) is 7.71. The predicted molar refractivity (Wildman–Crippen MR) is 123 cm³/mol. The monoisotopic (exact) mass is 453 g/mol. The molecule has 0 radical (unpaired) electrons. The minimum Gasteiger partial charge on any atom is -0.363 e. The highest BCUT2D eigenvalue weighted by molar-refractivity contribution is 5.92. The number of aryl methyl sites for hydroxylation is 1. The lowest BCUT2D eigenvalue weighted by atomic mass is 10.0. The molecule has 0 fully saturated rings. The standard InChI is InChI=1S/C24H22F3N5O/c1-13(17-5-4-6-18(22(17)25)23(26)27)29-24-19-11-15(7-9-20(19)30-14(2)31-24)32(3)16-8-10-21(33)28-12-16/h4-13,23H,1-3H3,(H,28,33)(H,29,30,31)/t13-/m1/s1. The number of anilines is 3. The molecule has 9 heteroatoms. The third-order valence-electron chi connectivity index (χ3n) is 5.45. The first kappa shape index (κ1) is 22.3. The van der Waals surface area contributed by atoms with Crippen LogP contribution in [0.15, 0.2) is 59.5 Å². The smallest absolute Gasteiger partial charge is 0.266 e. The van der Waals surface area contributed by atoms with E-state index in [0.717, 1.165) is 17.4 Å². The van der Waals surface area contributed by atoms with E-state index >= 15 is 0 Å². The van der Waals surface area contributed by atoms with Crippen molar-refractivity contribution in [3.63, 3.8) is 0 Å². The number of nitrogens with zero attached hydrogens (tertiary/aromatic N) is 3. The molecule has 0 spiro atoms. The van der Waals surface area contributed by atoms with E-state index in [1.165, 1.54) is 18.2 Å². The average molecular weight is 453 g/mol. The number of alkyl halides is 2. The number of nitrogens with one attached hydrogen (secondary N) is 2. The molecular formula is C24H22F3N5O. The quantitative estimate of drug-likeness (QED) is 0.395. The number of pyridine rings is 1. The number of H-pyrrole nitrogens is 1. The van der Waals surface area contributed by atoms with Gasteiger partial charge in [-0.3, -0.25) is 4.79 Å². The fraction of sp³-hybridized carbons (Fsp3) is 0.208. The van der Waals surface area contributed by atoms with Gasteiger partial charge in [0.1, 0.15) is 17.5 Å². The third kappa shape index (κ3) is 4.52. The Morgan fingerprint density at radius 3 is 2.45 bits per heavy atom. The topological polar surface area (TPSA) is 73.9 Å². The summed E-state index contributed by atoms with van der Waals surface area (Å²) in [6.45, 7) is 3.43. The van der Waals surface area contributed by atoms with Gasteiger partial charge in [0.2, 0.25) is 5.56 Å². The molecule has 2 N–H and O–H groups in total. The number of fused-ring (bicyclic) bond motifs is 1.